The summed E-state index contributed by atoms with van der Waals surface area (Å²) in [5.74, 6) is 0. The van der Waals surface area contributed by atoms with Crippen molar-refractivity contribution in [2.24, 2.45) is 0 Å². The number of anilines is 1. The molecule has 3 nitrogen and oxygen atoms in total. The van der Waals surface area contributed by atoms with Crippen LogP contribution in [0.4, 0.5) is 5.69 Å². The van der Waals surface area contributed by atoms with Crippen LogP contribution in [0.3, 0.4) is 0 Å². The Morgan fingerprint density at radius 3 is 3.18 bits per heavy atom. The minimum atomic E-state index is 0.624. The summed E-state index contributed by atoms with van der Waals surface area (Å²) in [6, 6.07) is 1.79. The Morgan fingerprint density at radius 2 is 2.36 bits per heavy atom. The molecule has 2 aromatic rings. The molecule has 0 saturated carbocycles. The number of halogens is 1. The van der Waals surface area contributed by atoms with Crippen molar-refractivity contribution in [1.82, 2.24) is 9.97 Å². The molecule has 0 spiro atoms. The minimum absolute atomic E-state index is 0.624. The van der Waals surface area contributed by atoms with Crippen LogP contribution in [0.1, 0.15) is 0 Å². The molecule has 0 bridgehead atoms. The average molecular weight is 168 g/mol. The monoisotopic (exact) mass is 167 g/mol. The number of H-pyrrole nitrogens is 1. The lowest BCUT2D eigenvalue weighted by Crippen LogP contribution is -1.85. The number of fused-ring (bicyclic) bond motifs is 1. The zero-order valence-corrected chi connectivity index (χ0v) is 6.39. The fourth-order valence-corrected chi connectivity index (χ4v) is 1.19. The van der Waals surface area contributed by atoms with E-state index in [9.17, 15) is 0 Å². The van der Waals surface area contributed by atoms with Crippen molar-refractivity contribution in [3.05, 3.63) is 23.5 Å². The number of nitrogens with zero attached hydrogens (tertiary/aromatic N) is 1. The predicted molar refractivity (Wildman–Crippen MR) is 45.5 cm³/mol. The highest BCUT2D eigenvalue weighted by atomic mass is 35.5. The molecule has 0 aliphatic heterocycles. The van der Waals surface area contributed by atoms with E-state index in [-0.39, 0.29) is 0 Å². The molecule has 0 unspecified atom stereocenters. The largest absolute Gasteiger partial charge is 0.397 e. The summed E-state index contributed by atoms with van der Waals surface area (Å²) in [7, 11) is 0. The number of nitrogen functional groups attached to an aromatic ring is 1. The fourth-order valence-electron chi connectivity index (χ4n) is 0.987. The summed E-state index contributed by atoms with van der Waals surface area (Å²) in [4.78, 5) is 6.95. The molecule has 3 N–H and O–H groups in total. The maximum atomic E-state index is 5.82. The van der Waals surface area contributed by atoms with Crippen molar-refractivity contribution in [1.29, 1.82) is 0 Å². The Balaban J connectivity index is 2.87. The molecule has 0 aliphatic carbocycles. The van der Waals surface area contributed by atoms with Crippen molar-refractivity contribution in [3.63, 3.8) is 0 Å². The smallest absolute Gasteiger partial charge is 0.138 e. The first-order chi connectivity index (χ1) is 5.27. The molecule has 0 aliphatic rings. The first-order valence-corrected chi connectivity index (χ1v) is 3.53. The number of nitrogens with one attached hydrogen (secondary N) is 1. The number of nitrogens with two attached hydrogens (primary N) is 1. The topological polar surface area (TPSA) is 54.7 Å². The summed E-state index contributed by atoms with van der Waals surface area (Å²) < 4.78 is 0. The Bertz CT molecular complexity index is 393. The molecule has 2 aromatic heterocycles. The second-order valence-corrected chi connectivity index (χ2v) is 2.71. The quantitative estimate of drug-likeness (QED) is 0.629. The molecule has 0 atom stereocenters. The van der Waals surface area contributed by atoms with E-state index in [1.54, 1.807) is 18.5 Å². The van der Waals surface area contributed by atoms with Gasteiger partial charge in [0, 0.05) is 11.6 Å². The SMILES string of the molecule is Nc1cnc2[nH]cc(Cl)c2c1. The van der Waals surface area contributed by atoms with Gasteiger partial charge in [-0.25, -0.2) is 4.98 Å². The number of hydrogen-bond donors (Lipinski definition) is 2. The first kappa shape index (κ1) is 6.49. The fraction of sp³-hybridized carbons (Fsp3) is 0. The molecule has 2 heterocycles. The summed E-state index contributed by atoms with van der Waals surface area (Å²) in [6.45, 7) is 0. The van der Waals surface area contributed by atoms with Crippen LogP contribution in [0.2, 0.25) is 5.02 Å². The zero-order chi connectivity index (χ0) is 7.84. The number of aromatic nitrogens is 2. The summed E-state index contributed by atoms with van der Waals surface area (Å²) >= 11 is 5.82. The van der Waals surface area contributed by atoms with Crippen molar-refractivity contribution in [2.45, 2.75) is 0 Å². The van der Waals surface area contributed by atoms with Gasteiger partial charge in [-0.15, -0.1) is 0 Å². The van der Waals surface area contributed by atoms with E-state index in [0.717, 1.165) is 11.0 Å². The molecule has 0 amide bonds. The van der Waals surface area contributed by atoms with Crippen LogP contribution in [0, 0.1) is 0 Å². The van der Waals surface area contributed by atoms with Gasteiger partial charge in [-0.2, -0.15) is 0 Å². The lowest BCUT2D eigenvalue weighted by atomic mass is 10.3. The highest BCUT2D eigenvalue weighted by Gasteiger charge is 2.00. The van der Waals surface area contributed by atoms with E-state index in [2.05, 4.69) is 9.97 Å². The van der Waals surface area contributed by atoms with Gasteiger partial charge < -0.3 is 10.7 Å². The molecule has 4 heteroatoms. The molecular weight excluding hydrogens is 162 g/mol. The highest BCUT2D eigenvalue weighted by Crippen LogP contribution is 2.22. The molecular formula is C7H6ClN3. The standard InChI is InChI=1S/C7H6ClN3/c8-6-3-11-7-5(6)1-4(9)2-10-7/h1-3H,9H2,(H,10,11). The number of rotatable bonds is 0. The van der Waals surface area contributed by atoms with E-state index in [4.69, 9.17) is 17.3 Å². The normalized spacial score (nSPS) is 10.6. The van der Waals surface area contributed by atoms with E-state index in [1.165, 1.54) is 0 Å². The van der Waals surface area contributed by atoms with Gasteiger partial charge in [0.1, 0.15) is 5.65 Å². The van der Waals surface area contributed by atoms with Crippen LogP contribution in [0.25, 0.3) is 11.0 Å². The van der Waals surface area contributed by atoms with Gasteiger partial charge in [0.05, 0.1) is 16.9 Å². The van der Waals surface area contributed by atoms with Gasteiger partial charge in [0.15, 0.2) is 0 Å². The molecule has 2 rings (SSSR count). The zero-order valence-electron chi connectivity index (χ0n) is 5.63. The summed E-state index contributed by atoms with van der Waals surface area (Å²) in [5.41, 5.74) is 6.91. The number of hydrogen-bond acceptors (Lipinski definition) is 2. The Hall–Kier alpha value is -1.22. The minimum Gasteiger partial charge on any atom is -0.397 e. The van der Waals surface area contributed by atoms with Crippen LogP contribution in [0.15, 0.2) is 18.5 Å². The number of pyridine rings is 1. The maximum absolute atomic E-state index is 5.82. The molecule has 0 fully saturated rings. The molecule has 0 radical (unpaired) electrons. The average Bonchev–Trinajstić information content (AvgIpc) is 2.33. The van der Waals surface area contributed by atoms with Gasteiger partial charge in [-0.3, -0.25) is 0 Å². The van der Waals surface area contributed by atoms with Crippen molar-refractivity contribution >= 4 is 28.3 Å². The van der Waals surface area contributed by atoms with E-state index >= 15 is 0 Å². The predicted octanol–water partition coefficient (Wildman–Crippen LogP) is 1.80. The third-order valence-electron chi connectivity index (χ3n) is 1.50. The van der Waals surface area contributed by atoms with Crippen LogP contribution in [-0.2, 0) is 0 Å². The van der Waals surface area contributed by atoms with E-state index < -0.39 is 0 Å². The van der Waals surface area contributed by atoms with Gasteiger partial charge in [0.2, 0.25) is 0 Å². The number of aromatic amines is 1. The van der Waals surface area contributed by atoms with Gasteiger partial charge in [-0.1, -0.05) is 11.6 Å². The first-order valence-electron chi connectivity index (χ1n) is 3.15. The second-order valence-electron chi connectivity index (χ2n) is 2.30. The van der Waals surface area contributed by atoms with Crippen LogP contribution >= 0.6 is 11.6 Å². The second kappa shape index (κ2) is 2.13. The van der Waals surface area contributed by atoms with Crippen LogP contribution in [-0.4, -0.2) is 9.97 Å². The van der Waals surface area contributed by atoms with E-state index in [0.29, 0.717) is 10.7 Å². The Morgan fingerprint density at radius 1 is 1.55 bits per heavy atom. The summed E-state index contributed by atoms with van der Waals surface area (Å²) in [5, 5.41) is 1.52. The lowest BCUT2D eigenvalue weighted by Gasteiger charge is -1.91. The third kappa shape index (κ3) is 0.935. The highest BCUT2D eigenvalue weighted by molar-refractivity contribution is 6.35. The van der Waals surface area contributed by atoms with Gasteiger partial charge in [-0.05, 0) is 6.07 Å². The Kier molecular flexibility index (Phi) is 1.26. The molecule has 56 valence electrons. The van der Waals surface area contributed by atoms with Crippen LogP contribution < -0.4 is 5.73 Å². The van der Waals surface area contributed by atoms with Gasteiger partial charge >= 0.3 is 0 Å². The molecule has 11 heavy (non-hydrogen) atoms. The van der Waals surface area contributed by atoms with Crippen LogP contribution in [0.5, 0.6) is 0 Å². The Labute approximate surface area is 68.2 Å². The van der Waals surface area contributed by atoms with Crippen molar-refractivity contribution in [3.8, 4) is 0 Å². The van der Waals surface area contributed by atoms with Gasteiger partial charge in [0.25, 0.3) is 0 Å². The molecule has 0 aromatic carbocycles. The maximum Gasteiger partial charge on any atom is 0.138 e. The van der Waals surface area contributed by atoms with Crippen molar-refractivity contribution < 1.29 is 0 Å². The summed E-state index contributed by atoms with van der Waals surface area (Å²) in [6.07, 6.45) is 3.29. The molecule has 0 saturated heterocycles. The third-order valence-corrected chi connectivity index (χ3v) is 1.81. The lowest BCUT2D eigenvalue weighted by molar-refractivity contribution is 1.33. The van der Waals surface area contributed by atoms with E-state index in [1.807, 2.05) is 0 Å². The van der Waals surface area contributed by atoms with Crippen molar-refractivity contribution in [2.75, 3.05) is 5.73 Å².